The number of alkyl carbamates (subject to hydrolysis) is 2. The van der Waals surface area contributed by atoms with Crippen LogP contribution in [0.2, 0.25) is 0 Å². The predicted molar refractivity (Wildman–Crippen MR) is 490 cm³/mol. The number of nitrogen functional groups attached to an aromatic ring is 3. The maximum Gasteiger partial charge on any atom is 1.00 e. The Morgan fingerprint density at radius 2 is 0.928 bits per heavy atom. The molecule has 12 rings (SSSR count). The molecule has 0 fully saturated rings. The average molecular weight is 1820 g/mol. The number of hydrogen-bond donors (Lipinski definition) is 7. The van der Waals surface area contributed by atoms with E-state index in [0.29, 0.717) is 76.1 Å². The molecular weight excluding hydrogens is 1720 g/mol. The van der Waals surface area contributed by atoms with Crippen LogP contribution >= 0.6 is 19.8 Å². The van der Waals surface area contributed by atoms with Gasteiger partial charge < -0.3 is 53.7 Å². The fourth-order valence-corrected chi connectivity index (χ4v) is 13.0. The second-order valence-corrected chi connectivity index (χ2v) is 32.3. The van der Waals surface area contributed by atoms with Gasteiger partial charge in [-0.2, -0.15) is 26.0 Å². The third-order valence-electron chi connectivity index (χ3n) is 17.4. The van der Waals surface area contributed by atoms with Crippen LogP contribution in [-0.2, 0) is 52.1 Å². The van der Waals surface area contributed by atoms with Gasteiger partial charge in [0.2, 0.25) is 7.37 Å². The van der Waals surface area contributed by atoms with Gasteiger partial charge in [-0.1, -0.05) is 194 Å². The number of aromatic nitrogens is 4. The molecule has 0 aliphatic heterocycles. The standard InChI is InChI=1S/C32H33N5O3.C17H21N3O4.C15H12N2.C15H14N2.C13H11NO.C5H10NO2P.ClH.Na.Pd.H2.H/c1-22-18-29(37(36-22)27-15-8-10-23(19-27)21-34-31(39)40-32(2,3)4)30(38)35-26-14-9-13-25(20-26)28(16-17-33)24-11-6-5-7-12-24;1-11-8-14(15(21)22)20(19-11)13-7-5-6-12(9-13)10-18-16(23)24-17(2,3)4;1-17-11-15(12-6-3-2-4-7-12)13-8-5-9-14(16)10-13;16-10-9-15(12-5-2-1-3-6-12)13-7-4-8-14(17)11-13;14-12-8-4-7-11(9-12)13(15)10-5-2-1-3-6-10;1-3-8-9(2,7)5-4-6;;;;;/h5-15,18-20,28H,16,21H2,1-4H3,(H,34,39)(H,35,38);5-9H,10H2,1-4H3,(H,18,23)(H,21,22);2-11H,16H2;1-8,11,15H,9,17H2;1-9H,14H2;3,5H2,1-2H3;1H;;;1H;/q;;;;;;;+1;;;-1. The van der Waals surface area contributed by atoms with E-state index in [1.807, 2.05) is 240 Å². The number of benzene rings is 10. The van der Waals surface area contributed by atoms with Crippen molar-refractivity contribution >= 4 is 77.9 Å². The summed E-state index contributed by atoms with van der Waals surface area (Å²) < 4.78 is 29.2. The second kappa shape index (κ2) is 52.5. The van der Waals surface area contributed by atoms with Gasteiger partial charge in [-0.15, -0.1) is 12.4 Å². The number of halogens is 1. The van der Waals surface area contributed by atoms with Gasteiger partial charge in [-0.25, -0.2) is 28.6 Å². The number of ketones is 1. The molecule has 0 spiro atoms. The first-order chi connectivity index (χ1) is 58.3. The summed E-state index contributed by atoms with van der Waals surface area (Å²) in [5, 5.41) is 52.9. The fraction of sp³-hybridized carbons (Fsp3) is 0.206. The Labute approximate surface area is 776 Å². The van der Waals surface area contributed by atoms with E-state index in [1.54, 1.807) is 106 Å². The molecular formula is C97H105ClN14NaO10PPd. The van der Waals surface area contributed by atoms with Crippen molar-refractivity contribution in [1.29, 1.82) is 15.8 Å². The third-order valence-corrected chi connectivity index (χ3v) is 18.9. The van der Waals surface area contributed by atoms with Crippen molar-refractivity contribution in [2.45, 2.75) is 111 Å². The Morgan fingerprint density at radius 3 is 1.36 bits per heavy atom. The topological polar surface area (TPSA) is 376 Å². The predicted octanol–water partition coefficient (Wildman–Crippen LogP) is 18.0. The van der Waals surface area contributed by atoms with E-state index in [0.717, 1.165) is 55.8 Å². The van der Waals surface area contributed by atoms with Crippen LogP contribution in [0.1, 0.15) is 169 Å². The zero-order valence-electron chi connectivity index (χ0n) is 72.6. The van der Waals surface area contributed by atoms with Gasteiger partial charge in [0.25, 0.3) is 5.91 Å². The maximum absolute atomic E-state index is 13.4. The number of ether oxygens (including phenoxy) is 2. The molecule has 0 saturated heterocycles. The van der Waals surface area contributed by atoms with Gasteiger partial charge in [-0.3, -0.25) is 14.2 Å². The number of carbonyl (C=O) groups excluding carboxylic acids is 4. The van der Waals surface area contributed by atoms with Crippen LogP contribution in [0.15, 0.2) is 285 Å². The van der Waals surface area contributed by atoms with Crippen molar-refractivity contribution in [3.8, 4) is 29.6 Å². The molecule has 0 radical (unpaired) electrons. The summed E-state index contributed by atoms with van der Waals surface area (Å²) in [5.74, 6) is -1.36. The molecule has 10 N–H and O–H groups in total. The Morgan fingerprint density at radius 1 is 0.536 bits per heavy atom. The van der Waals surface area contributed by atoms with Gasteiger partial charge in [-0.05, 0) is 197 Å². The number of anilines is 4. The minimum Gasteiger partial charge on any atom is -1.00 e. The third kappa shape index (κ3) is 35.8. The van der Waals surface area contributed by atoms with Gasteiger partial charge >= 0.3 is 47.7 Å². The van der Waals surface area contributed by atoms with E-state index in [1.165, 1.54) is 23.6 Å². The summed E-state index contributed by atoms with van der Waals surface area (Å²) in [6.07, 6.45) is 1.33. The Bertz CT molecular complexity index is 5780. The van der Waals surface area contributed by atoms with Gasteiger partial charge in [0.15, 0.2) is 17.7 Å². The van der Waals surface area contributed by atoms with Crippen LogP contribution in [0.3, 0.4) is 0 Å². The molecule has 3 unspecified atom stereocenters. The Kier molecular flexibility index (Phi) is 43.8. The first kappa shape index (κ1) is 104. The molecule has 2 aromatic heterocycles. The number of nitrogens with zero attached hydrogens (tertiary/aromatic N) is 8. The number of nitrogens with two attached hydrogens (primary N) is 3. The fourth-order valence-electron chi connectivity index (χ4n) is 12.1. The summed E-state index contributed by atoms with van der Waals surface area (Å²) in [7, 11) is -2.55. The van der Waals surface area contributed by atoms with E-state index in [2.05, 4.69) is 43.1 Å². The van der Waals surface area contributed by atoms with Crippen LogP contribution in [0, 0.1) is 54.4 Å². The molecule has 10 aromatic carbocycles. The van der Waals surface area contributed by atoms with E-state index < -0.39 is 36.7 Å². The largest absolute Gasteiger partial charge is 1.00 e. The monoisotopic (exact) mass is 1820 g/mol. The van der Waals surface area contributed by atoms with E-state index in [4.69, 9.17) is 48.3 Å². The van der Waals surface area contributed by atoms with Crippen LogP contribution < -0.4 is 62.7 Å². The average Bonchev–Trinajstić information content (AvgIpc) is 1.70. The van der Waals surface area contributed by atoms with E-state index in [-0.39, 0.29) is 114 Å². The summed E-state index contributed by atoms with van der Waals surface area (Å²) in [6.45, 7) is 25.5. The van der Waals surface area contributed by atoms with Crippen LogP contribution in [0.5, 0.6) is 0 Å². The molecule has 0 aliphatic rings. The number of aryl methyl sites for hydroxylation is 2. The van der Waals surface area contributed by atoms with Crippen LogP contribution in [0.25, 0.3) is 21.8 Å². The molecule has 3 atom stereocenters. The molecule has 24 nitrogen and oxygen atoms in total. The van der Waals surface area contributed by atoms with Crippen molar-refractivity contribution in [2.24, 2.45) is 0 Å². The zero-order valence-corrected chi connectivity index (χ0v) is 76.9. The quantitative estimate of drug-likeness (QED) is 0.0109. The van der Waals surface area contributed by atoms with Crippen molar-refractivity contribution in [3.63, 3.8) is 0 Å². The number of nitriles is 3. The summed E-state index contributed by atoms with van der Waals surface area (Å²) in [5.41, 5.74) is 31.8. The minimum absolute atomic E-state index is 0. The molecule has 0 aliphatic carbocycles. The molecule has 3 amide bonds. The number of carboxylic acid groups (broad SMARTS) is 1. The molecule has 0 saturated carbocycles. The molecule has 646 valence electrons. The smallest absolute Gasteiger partial charge is 1.00 e. The molecule has 28 heteroatoms. The molecule has 0 bridgehead atoms. The number of amides is 3. The maximum atomic E-state index is 13.4. The van der Waals surface area contributed by atoms with E-state index in [9.17, 15) is 38.9 Å². The van der Waals surface area contributed by atoms with Gasteiger partial charge in [0.05, 0.1) is 54.1 Å². The van der Waals surface area contributed by atoms with Gasteiger partial charge in [0, 0.05) is 100 Å². The van der Waals surface area contributed by atoms with Crippen molar-refractivity contribution in [2.75, 3.05) is 42.0 Å². The molecule has 12 aromatic rings. The second-order valence-electron chi connectivity index (χ2n) is 29.7. The number of rotatable bonds is 22. The van der Waals surface area contributed by atoms with Gasteiger partial charge in [0.1, 0.15) is 23.1 Å². The summed E-state index contributed by atoms with van der Waals surface area (Å²) in [6, 6.07) is 93.0. The Hall–Kier alpha value is -13.0. The first-order valence-corrected chi connectivity index (χ1v) is 41.2. The normalized spacial score (nSPS) is 11.3. The number of nitrogens with one attached hydrogen (secondary N) is 3. The molecule has 125 heavy (non-hydrogen) atoms. The first-order valence-electron chi connectivity index (χ1n) is 38.9. The summed E-state index contributed by atoms with van der Waals surface area (Å²) in [4.78, 5) is 63.8. The Balaban J connectivity index is 0.000000544. The molecule has 2 heterocycles. The van der Waals surface area contributed by atoms with Crippen molar-refractivity contribution in [1.82, 2.24) is 30.2 Å². The van der Waals surface area contributed by atoms with Crippen LogP contribution in [0.4, 0.5) is 32.3 Å². The van der Waals surface area contributed by atoms with Crippen LogP contribution in [-0.4, -0.2) is 85.1 Å². The number of hydrogen-bond acceptors (Lipinski definition) is 17. The SMILES string of the molecule is CCOP(C)(=O)CC#N.Cc1cc(C(=O)Nc2cccc(C(CC#N)c3ccccc3)c2)n(-c2cccc(CNC(=O)OC(C)(C)C)c2)n1.Cc1cc(C(=O)O)n(-c2cccc(CNC(=O)OC(C)(C)C)c2)n1.Cl.N#CCC(c1ccccc1)c1cccc(N)c1.Nc1cccc(C(=O)c2ccccc2)c1.[C-]#[N+]C=C(c1ccccc1)c1cccc(N)c1.[H-].[HH].[Na+].[Pd]. The van der Waals surface area contributed by atoms with E-state index >= 15 is 0 Å². The number of carboxylic acids is 1. The number of aromatic carboxylic acids is 1. The summed E-state index contributed by atoms with van der Waals surface area (Å²) >= 11 is 0. The number of carbonyl (C=O) groups is 5. The zero-order chi connectivity index (χ0) is 88.8. The van der Waals surface area contributed by atoms with Crippen molar-refractivity contribution < 1.29 is 100 Å². The minimum atomic E-state index is -2.55. The van der Waals surface area contributed by atoms with Crippen molar-refractivity contribution in [3.05, 3.63) is 375 Å².